The van der Waals surface area contributed by atoms with Crippen LogP contribution >= 0.6 is 0 Å². The topological polar surface area (TPSA) is 37.8 Å². The van der Waals surface area contributed by atoms with E-state index >= 15 is 0 Å². The van der Waals surface area contributed by atoms with Crippen molar-refractivity contribution >= 4 is 5.82 Å². The zero-order chi connectivity index (χ0) is 9.54. The minimum Gasteiger partial charge on any atom is -0.367 e. The number of nitrogens with zero attached hydrogens (tertiary/aromatic N) is 2. The molecule has 2 atom stereocenters. The van der Waals surface area contributed by atoms with Gasteiger partial charge in [0.25, 0.3) is 0 Å². The normalized spacial score (nSPS) is 33.9. The summed E-state index contributed by atoms with van der Waals surface area (Å²) in [6.07, 6.45) is 5.09. The lowest BCUT2D eigenvalue weighted by Crippen LogP contribution is -2.17. The van der Waals surface area contributed by atoms with Gasteiger partial charge in [-0.3, -0.25) is 0 Å². The minimum absolute atomic E-state index is 0.467. The first-order chi connectivity index (χ1) is 6.81. The number of rotatable bonds is 2. The van der Waals surface area contributed by atoms with Gasteiger partial charge in [-0.2, -0.15) is 4.39 Å². The molecule has 2 saturated carbocycles. The van der Waals surface area contributed by atoms with Crippen LogP contribution in [-0.2, 0) is 0 Å². The Morgan fingerprint density at radius 3 is 2.71 bits per heavy atom. The molecule has 3 nitrogen and oxygen atoms in total. The second kappa shape index (κ2) is 2.90. The van der Waals surface area contributed by atoms with Gasteiger partial charge in [0.1, 0.15) is 12.1 Å². The average molecular weight is 193 g/mol. The number of nitrogens with one attached hydrogen (secondary N) is 1. The molecule has 1 heterocycles. The zero-order valence-corrected chi connectivity index (χ0v) is 7.78. The molecule has 1 aromatic heterocycles. The highest BCUT2D eigenvalue weighted by atomic mass is 19.1. The van der Waals surface area contributed by atoms with Crippen molar-refractivity contribution in [3.8, 4) is 0 Å². The third-order valence-corrected chi connectivity index (χ3v) is 3.23. The standard InChI is InChI=1S/C10H12FN3/c11-9-4-10(13-5-12-9)14-8-2-6-1-7(6)3-8/h4-8H,1-3H2,(H,12,13,14). The monoisotopic (exact) mass is 193 g/mol. The van der Waals surface area contributed by atoms with Crippen molar-refractivity contribution in [2.75, 3.05) is 5.32 Å². The number of fused-ring (bicyclic) bond motifs is 1. The highest BCUT2D eigenvalue weighted by Gasteiger charge is 2.45. The molecule has 0 aliphatic heterocycles. The lowest BCUT2D eigenvalue weighted by Gasteiger charge is -2.14. The summed E-state index contributed by atoms with van der Waals surface area (Å²) >= 11 is 0. The maximum atomic E-state index is 12.7. The second-order valence-corrected chi connectivity index (χ2v) is 4.29. The fraction of sp³-hybridized carbons (Fsp3) is 0.600. The third-order valence-electron chi connectivity index (χ3n) is 3.23. The number of aromatic nitrogens is 2. The molecule has 0 bridgehead atoms. The van der Waals surface area contributed by atoms with Crippen molar-refractivity contribution in [1.82, 2.24) is 9.97 Å². The van der Waals surface area contributed by atoms with E-state index in [0.29, 0.717) is 11.9 Å². The Bertz CT molecular complexity index is 345. The number of hydrogen-bond donors (Lipinski definition) is 1. The van der Waals surface area contributed by atoms with Gasteiger partial charge in [0.15, 0.2) is 0 Å². The van der Waals surface area contributed by atoms with Crippen LogP contribution in [-0.4, -0.2) is 16.0 Å². The van der Waals surface area contributed by atoms with Crippen LogP contribution in [0, 0.1) is 17.8 Å². The van der Waals surface area contributed by atoms with E-state index in [1.165, 1.54) is 31.7 Å². The lowest BCUT2D eigenvalue weighted by atomic mass is 10.1. The summed E-state index contributed by atoms with van der Waals surface area (Å²) in [5.74, 6) is 2.01. The number of hydrogen-bond acceptors (Lipinski definition) is 3. The van der Waals surface area contributed by atoms with Gasteiger partial charge in [0.2, 0.25) is 5.95 Å². The van der Waals surface area contributed by atoms with Crippen LogP contribution in [0.1, 0.15) is 19.3 Å². The summed E-state index contributed by atoms with van der Waals surface area (Å²) in [6, 6.07) is 1.84. The minimum atomic E-state index is -0.467. The molecule has 2 aliphatic carbocycles. The Morgan fingerprint density at radius 2 is 2.00 bits per heavy atom. The van der Waals surface area contributed by atoms with E-state index in [1.807, 2.05) is 0 Å². The first-order valence-corrected chi connectivity index (χ1v) is 5.05. The average Bonchev–Trinajstić information content (AvgIpc) is 2.74. The fourth-order valence-electron chi connectivity index (χ4n) is 2.45. The van der Waals surface area contributed by atoms with Crippen molar-refractivity contribution in [2.45, 2.75) is 25.3 Å². The highest BCUT2D eigenvalue weighted by Crippen LogP contribution is 2.52. The molecule has 14 heavy (non-hydrogen) atoms. The predicted octanol–water partition coefficient (Wildman–Crippen LogP) is 1.83. The summed E-state index contributed by atoms with van der Waals surface area (Å²) in [6.45, 7) is 0. The zero-order valence-electron chi connectivity index (χ0n) is 7.78. The molecule has 0 aromatic carbocycles. The van der Waals surface area contributed by atoms with E-state index in [1.54, 1.807) is 0 Å². The van der Waals surface area contributed by atoms with Crippen LogP contribution in [0.25, 0.3) is 0 Å². The molecular formula is C10H12FN3. The third kappa shape index (κ3) is 1.45. The molecule has 2 fully saturated rings. The van der Waals surface area contributed by atoms with Gasteiger partial charge in [-0.05, 0) is 31.1 Å². The quantitative estimate of drug-likeness (QED) is 0.728. The van der Waals surface area contributed by atoms with Crippen molar-refractivity contribution in [3.05, 3.63) is 18.3 Å². The smallest absolute Gasteiger partial charge is 0.217 e. The summed E-state index contributed by atoms with van der Waals surface area (Å²) in [7, 11) is 0. The SMILES string of the molecule is Fc1cc(NC2CC3CC3C2)ncn1. The van der Waals surface area contributed by atoms with Gasteiger partial charge in [0, 0.05) is 12.1 Å². The predicted molar refractivity (Wildman–Crippen MR) is 50.2 cm³/mol. The van der Waals surface area contributed by atoms with E-state index in [4.69, 9.17) is 0 Å². The van der Waals surface area contributed by atoms with E-state index in [-0.39, 0.29) is 0 Å². The molecule has 3 rings (SSSR count). The Hall–Kier alpha value is -1.19. The van der Waals surface area contributed by atoms with Gasteiger partial charge < -0.3 is 5.32 Å². The molecule has 2 unspecified atom stereocenters. The maximum Gasteiger partial charge on any atom is 0.217 e. The first-order valence-electron chi connectivity index (χ1n) is 5.05. The summed E-state index contributed by atoms with van der Waals surface area (Å²) in [5.41, 5.74) is 0. The highest BCUT2D eigenvalue weighted by molar-refractivity contribution is 5.34. The molecule has 74 valence electrons. The van der Waals surface area contributed by atoms with Gasteiger partial charge in [0.05, 0.1) is 0 Å². The van der Waals surface area contributed by atoms with Crippen molar-refractivity contribution in [2.24, 2.45) is 11.8 Å². The molecule has 1 aromatic rings. The molecular weight excluding hydrogens is 181 g/mol. The van der Waals surface area contributed by atoms with E-state index in [2.05, 4.69) is 15.3 Å². The molecule has 0 spiro atoms. The van der Waals surface area contributed by atoms with Crippen molar-refractivity contribution in [1.29, 1.82) is 0 Å². The number of halogens is 1. The molecule has 0 saturated heterocycles. The van der Waals surface area contributed by atoms with Gasteiger partial charge in [-0.15, -0.1) is 0 Å². The van der Waals surface area contributed by atoms with Crippen molar-refractivity contribution < 1.29 is 4.39 Å². The summed E-state index contributed by atoms with van der Waals surface area (Å²) in [5, 5.41) is 3.25. The molecule has 2 aliphatic rings. The van der Waals surface area contributed by atoms with Crippen molar-refractivity contribution in [3.63, 3.8) is 0 Å². The molecule has 0 radical (unpaired) electrons. The van der Waals surface area contributed by atoms with Crippen LogP contribution in [0.15, 0.2) is 12.4 Å². The van der Waals surface area contributed by atoms with E-state index < -0.39 is 5.95 Å². The Balaban J connectivity index is 1.66. The van der Waals surface area contributed by atoms with Gasteiger partial charge >= 0.3 is 0 Å². The van der Waals surface area contributed by atoms with E-state index in [9.17, 15) is 4.39 Å². The molecule has 1 N–H and O–H groups in total. The second-order valence-electron chi connectivity index (χ2n) is 4.29. The van der Waals surface area contributed by atoms with Crippen LogP contribution < -0.4 is 5.32 Å². The van der Waals surface area contributed by atoms with Crippen LogP contribution in [0.5, 0.6) is 0 Å². The summed E-state index contributed by atoms with van der Waals surface area (Å²) in [4.78, 5) is 7.40. The number of anilines is 1. The Morgan fingerprint density at radius 1 is 1.21 bits per heavy atom. The Kier molecular flexibility index (Phi) is 1.69. The van der Waals surface area contributed by atoms with Gasteiger partial charge in [-0.1, -0.05) is 0 Å². The molecule has 0 amide bonds. The largest absolute Gasteiger partial charge is 0.367 e. The molecule has 4 heteroatoms. The van der Waals surface area contributed by atoms with Gasteiger partial charge in [-0.25, -0.2) is 9.97 Å². The van der Waals surface area contributed by atoms with Crippen LogP contribution in [0.2, 0.25) is 0 Å². The van der Waals surface area contributed by atoms with E-state index in [0.717, 1.165) is 11.8 Å². The van der Waals surface area contributed by atoms with Crippen LogP contribution in [0.4, 0.5) is 10.2 Å². The lowest BCUT2D eigenvalue weighted by molar-refractivity contribution is 0.578. The summed E-state index contributed by atoms with van der Waals surface area (Å²) < 4.78 is 12.7. The first kappa shape index (κ1) is 8.15. The maximum absolute atomic E-state index is 12.7. The fourth-order valence-corrected chi connectivity index (χ4v) is 2.45. The van der Waals surface area contributed by atoms with Crippen LogP contribution in [0.3, 0.4) is 0 Å². The Labute approximate surface area is 81.8 Å².